The van der Waals surface area contributed by atoms with Gasteiger partial charge in [-0.3, -0.25) is 0 Å². The molecular formula is C21H39NO5. The molecule has 0 rings (SSSR count). The van der Waals surface area contributed by atoms with Gasteiger partial charge in [0, 0.05) is 0 Å². The molecule has 0 aromatic carbocycles. The maximum absolute atomic E-state index is 11.6. The Morgan fingerprint density at radius 3 is 1.96 bits per heavy atom. The SMILES string of the molecule is CCCCCCCC/C=C\CCCCCCC(N)C(=O)OC(=O)C(O)CO. The van der Waals surface area contributed by atoms with E-state index in [4.69, 9.17) is 15.9 Å². The zero-order valence-corrected chi connectivity index (χ0v) is 16.9. The van der Waals surface area contributed by atoms with Crippen LogP contribution in [0.5, 0.6) is 0 Å². The van der Waals surface area contributed by atoms with Crippen LogP contribution < -0.4 is 5.73 Å². The maximum Gasteiger partial charge on any atom is 0.345 e. The normalized spacial score (nSPS) is 13.6. The molecule has 6 nitrogen and oxygen atoms in total. The first-order valence-corrected chi connectivity index (χ1v) is 10.5. The fourth-order valence-electron chi connectivity index (χ4n) is 2.69. The summed E-state index contributed by atoms with van der Waals surface area (Å²) < 4.78 is 4.41. The Bertz CT molecular complexity index is 411. The van der Waals surface area contributed by atoms with Crippen LogP contribution in [0.1, 0.15) is 90.4 Å². The molecule has 2 unspecified atom stereocenters. The second-order valence-corrected chi connectivity index (χ2v) is 7.06. The van der Waals surface area contributed by atoms with Crippen LogP contribution in [0.4, 0.5) is 0 Å². The Kier molecular flexibility index (Phi) is 17.3. The lowest BCUT2D eigenvalue weighted by molar-refractivity contribution is -0.168. The number of hydrogen-bond acceptors (Lipinski definition) is 6. The summed E-state index contributed by atoms with van der Waals surface area (Å²) in [4.78, 5) is 22.7. The lowest BCUT2D eigenvalue weighted by atomic mass is 10.1. The Labute approximate surface area is 164 Å². The molecule has 0 heterocycles. The van der Waals surface area contributed by atoms with Gasteiger partial charge >= 0.3 is 11.9 Å². The maximum atomic E-state index is 11.6. The fourth-order valence-corrected chi connectivity index (χ4v) is 2.69. The van der Waals surface area contributed by atoms with E-state index in [-0.39, 0.29) is 0 Å². The largest absolute Gasteiger partial charge is 0.393 e. The number of aliphatic hydroxyl groups is 2. The zero-order valence-electron chi connectivity index (χ0n) is 16.9. The van der Waals surface area contributed by atoms with Crippen LogP contribution in [0.15, 0.2) is 12.2 Å². The third-order valence-electron chi connectivity index (χ3n) is 4.48. The third-order valence-corrected chi connectivity index (χ3v) is 4.48. The zero-order chi connectivity index (χ0) is 20.3. The van der Waals surface area contributed by atoms with E-state index in [1.807, 2.05) is 0 Å². The minimum atomic E-state index is -1.70. The van der Waals surface area contributed by atoms with E-state index in [1.165, 1.54) is 44.9 Å². The summed E-state index contributed by atoms with van der Waals surface area (Å²) in [5.74, 6) is -2.02. The number of aliphatic hydroxyl groups excluding tert-OH is 2. The van der Waals surface area contributed by atoms with Crippen molar-refractivity contribution in [2.75, 3.05) is 6.61 Å². The highest BCUT2D eigenvalue weighted by atomic mass is 16.6. The highest BCUT2D eigenvalue weighted by molar-refractivity contribution is 5.90. The van der Waals surface area contributed by atoms with Crippen molar-refractivity contribution in [2.45, 2.75) is 103 Å². The lowest BCUT2D eigenvalue weighted by Gasteiger charge is -2.11. The second kappa shape index (κ2) is 18.1. The number of ether oxygens (including phenoxy) is 1. The van der Waals surface area contributed by atoms with Crippen LogP contribution in [0.3, 0.4) is 0 Å². The number of allylic oxidation sites excluding steroid dienone is 2. The molecular weight excluding hydrogens is 346 g/mol. The summed E-state index contributed by atoms with van der Waals surface area (Å²) in [6.07, 6.45) is 17.5. The van der Waals surface area contributed by atoms with Crippen LogP contribution in [-0.2, 0) is 14.3 Å². The number of carbonyl (C=O) groups excluding carboxylic acids is 2. The molecule has 27 heavy (non-hydrogen) atoms. The van der Waals surface area contributed by atoms with Crippen molar-refractivity contribution in [1.29, 1.82) is 0 Å². The molecule has 2 atom stereocenters. The van der Waals surface area contributed by atoms with Gasteiger partial charge in [0.2, 0.25) is 0 Å². The number of carbonyl (C=O) groups is 2. The molecule has 0 fully saturated rings. The van der Waals surface area contributed by atoms with E-state index in [0.717, 1.165) is 32.1 Å². The van der Waals surface area contributed by atoms with Gasteiger partial charge in [0.15, 0.2) is 6.10 Å². The molecule has 0 radical (unpaired) electrons. The second-order valence-electron chi connectivity index (χ2n) is 7.06. The van der Waals surface area contributed by atoms with Crippen molar-refractivity contribution >= 4 is 11.9 Å². The van der Waals surface area contributed by atoms with Crippen LogP contribution in [0.25, 0.3) is 0 Å². The molecule has 0 aromatic rings. The molecule has 0 amide bonds. The van der Waals surface area contributed by atoms with E-state index in [2.05, 4.69) is 23.8 Å². The highest BCUT2D eigenvalue weighted by Gasteiger charge is 2.23. The third kappa shape index (κ3) is 15.5. The van der Waals surface area contributed by atoms with Gasteiger partial charge < -0.3 is 20.7 Å². The van der Waals surface area contributed by atoms with Gasteiger partial charge in [0.1, 0.15) is 6.04 Å². The molecule has 4 N–H and O–H groups in total. The Morgan fingerprint density at radius 1 is 0.889 bits per heavy atom. The average Bonchev–Trinajstić information content (AvgIpc) is 2.67. The number of hydrogen-bond donors (Lipinski definition) is 3. The fraction of sp³-hybridized carbons (Fsp3) is 0.810. The molecule has 0 saturated carbocycles. The predicted molar refractivity (Wildman–Crippen MR) is 107 cm³/mol. The summed E-state index contributed by atoms with van der Waals surface area (Å²) in [7, 11) is 0. The minimum Gasteiger partial charge on any atom is -0.393 e. The van der Waals surface area contributed by atoms with Crippen molar-refractivity contribution in [3.63, 3.8) is 0 Å². The van der Waals surface area contributed by atoms with Crippen LogP contribution in [-0.4, -0.2) is 40.9 Å². The van der Waals surface area contributed by atoms with E-state index in [1.54, 1.807) is 0 Å². The van der Waals surface area contributed by atoms with Gasteiger partial charge in [0.05, 0.1) is 6.61 Å². The Balaban J connectivity index is 3.51. The lowest BCUT2D eigenvalue weighted by Crippen LogP contribution is -2.37. The average molecular weight is 386 g/mol. The quantitative estimate of drug-likeness (QED) is 0.153. The van der Waals surface area contributed by atoms with Crippen molar-refractivity contribution in [2.24, 2.45) is 5.73 Å². The van der Waals surface area contributed by atoms with Crippen molar-refractivity contribution in [3.05, 3.63) is 12.2 Å². The Morgan fingerprint density at radius 2 is 1.41 bits per heavy atom. The van der Waals surface area contributed by atoms with Gasteiger partial charge in [-0.2, -0.15) is 0 Å². The topological polar surface area (TPSA) is 110 Å². The monoisotopic (exact) mass is 385 g/mol. The molecule has 158 valence electrons. The molecule has 0 saturated heterocycles. The van der Waals surface area contributed by atoms with Crippen molar-refractivity contribution in [1.82, 2.24) is 0 Å². The molecule has 0 spiro atoms. The number of nitrogens with two attached hydrogens (primary N) is 1. The van der Waals surface area contributed by atoms with Gasteiger partial charge in [0.25, 0.3) is 0 Å². The molecule has 0 aliphatic rings. The van der Waals surface area contributed by atoms with Crippen molar-refractivity contribution < 1.29 is 24.5 Å². The van der Waals surface area contributed by atoms with Gasteiger partial charge in [-0.25, -0.2) is 9.59 Å². The summed E-state index contributed by atoms with van der Waals surface area (Å²) in [6.45, 7) is 1.45. The Hall–Kier alpha value is -1.24. The van der Waals surface area contributed by atoms with Crippen LogP contribution in [0, 0.1) is 0 Å². The van der Waals surface area contributed by atoms with Crippen LogP contribution in [0.2, 0.25) is 0 Å². The van der Waals surface area contributed by atoms with E-state index < -0.39 is 30.7 Å². The summed E-state index contributed by atoms with van der Waals surface area (Å²) in [5.41, 5.74) is 5.67. The number of esters is 2. The standard InChI is InChI=1S/C21H39NO5/c1-2-3-4-5-6-7-8-9-10-11-12-13-14-15-16-18(22)20(25)27-21(26)19(24)17-23/h9-10,18-19,23-24H,2-8,11-17,22H2,1H3/b10-9-. The first kappa shape index (κ1) is 25.8. The molecule has 0 bridgehead atoms. The molecule has 0 aliphatic heterocycles. The highest BCUT2D eigenvalue weighted by Crippen LogP contribution is 2.10. The summed E-state index contributed by atoms with van der Waals surface area (Å²) in [5, 5.41) is 17.6. The van der Waals surface area contributed by atoms with E-state index in [9.17, 15) is 9.59 Å². The number of unbranched alkanes of at least 4 members (excludes halogenated alkanes) is 10. The smallest absolute Gasteiger partial charge is 0.345 e. The van der Waals surface area contributed by atoms with Gasteiger partial charge in [-0.05, 0) is 32.1 Å². The molecule has 0 aromatic heterocycles. The first-order valence-electron chi connectivity index (χ1n) is 10.5. The van der Waals surface area contributed by atoms with Crippen molar-refractivity contribution in [3.8, 4) is 0 Å². The van der Waals surface area contributed by atoms with E-state index >= 15 is 0 Å². The predicted octanol–water partition coefficient (Wildman–Crippen LogP) is 3.38. The summed E-state index contributed by atoms with van der Waals surface area (Å²) >= 11 is 0. The summed E-state index contributed by atoms with van der Waals surface area (Å²) in [6, 6.07) is -0.878. The van der Waals surface area contributed by atoms with Gasteiger partial charge in [-0.15, -0.1) is 0 Å². The minimum absolute atomic E-state index is 0.440. The van der Waals surface area contributed by atoms with Gasteiger partial charge in [-0.1, -0.05) is 70.4 Å². The molecule has 0 aliphatic carbocycles. The first-order chi connectivity index (χ1) is 13.0. The van der Waals surface area contributed by atoms with E-state index in [0.29, 0.717) is 6.42 Å². The molecule has 6 heteroatoms. The van der Waals surface area contributed by atoms with Crippen LogP contribution >= 0.6 is 0 Å². The number of rotatable bonds is 17.